The van der Waals surface area contributed by atoms with Gasteiger partial charge in [0.25, 0.3) is 0 Å². The molecular formula is C21H24N2O3S. The molecule has 2 aromatic carbocycles. The van der Waals surface area contributed by atoms with Crippen molar-refractivity contribution in [1.82, 2.24) is 10.2 Å². The zero-order valence-corrected chi connectivity index (χ0v) is 15.9. The van der Waals surface area contributed by atoms with Crippen molar-refractivity contribution in [3.05, 3.63) is 71.8 Å². The first-order valence-corrected chi connectivity index (χ1v) is 11.2. The first kappa shape index (κ1) is 18.2. The Kier molecular flexibility index (Phi) is 5.02. The molecule has 0 aliphatic carbocycles. The van der Waals surface area contributed by atoms with Crippen LogP contribution in [0.15, 0.2) is 60.7 Å². The fraction of sp³-hybridized carbons (Fsp3) is 0.381. The lowest BCUT2D eigenvalue weighted by Crippen LogP contribution is -2.56. The van der Waals surface area contributed by atoms with Crippen LogP contribution < -0.4 is 5.32 Å². The van der Waals surface area contributed by atoms with E-state index in [1.165, 1.54) is 11.1 Å². The summed E-state index contributed by atoms with van der Waals surface area (Å²) < 4.78 is 23.1. The Morgan fingerprint density at radius 1 is 0.963 bits per heavy atom. The molecule has 2 heterocycles. The van der Waals surface area contributed by atoms with Gasteiger partial charge in [-0.3, -0.25) is 9.69 Å². The van der Waals surface area contributed by atoms with Gasteiger partial charge in [0.1, 0.15) is 0 Å². The molecule has 142 valence electrons. The first-order chi connectivity index (χ1) is 13.0. The molecule has 27 heavy (non-hydrogen) atoms. The number of carbonyl (C=O) groups is 1. The van der Waals surface area contributed by atoms with E-state index in [1.54, 1.807) is 0 Å². The standard InChI is InChI=1S/C21H24N2O3S/c24-21(22-19-11-12-27(25,26)15-19)18-13-23(14-18)20(16-7-3-1-4-8-16)17-9-5-2-6-10-17/h1-10,18-20H,11-15H2,(H,22,24)/t19-/m0/s1. The minimum Gasteiger partial charge on any atom is -0.352 e. The van der Waals surface area contributed by atoms with Gasteiger partial charge >= 0.3 is 0 Å². The number of likely N-dealkylation sites (tertiary alicyclic amines) is 1. The zero-order chi connectivity index (χ0) is 18.9. The lowest BCUT2D eigenvalue weighted by atomic mass is 9.89. The normalized spacial score (nSPS) is 22.5. The second-order valence-corrected chi connectivity index (χ2v) is 9.71. The van der Waals surface area contributed by atoms with Crippen molar-refractivity contribution in [2.24, 2.45) is 5.92 Å². The smallest absolute Gasteiger partial charge is 0.225 e. The van der Waals surface area contributed by atoms with Crippen LogP contribution in [0.2, 0.25) is 0 Å². The molecule has 0 bridgehead atoms. The number of nitrogens with one attached hydrogen (secondary N) is 1. The van der Waals surface area contributed by atoms with Gasteiger partial charge in [0.05, 0.1) is 23.5 Å². The zero-order valence-electron chi connectivity index (χ0n) is 15.1. The Bertz CT molecular complexity index is 854. The van der Waals surface area contributed by atoms with E-state index in [9.17, 15) is 13.2 Å². The summed E-state index contributed by atoms with van der Waals surface area (Å²) in [4.78, 5) is 14.8. The molecule has 1 amide bonds. The molecule has 0 spiro atoms. The lowest BCUT2D eigenvalue weighted by molar-refractivity contribution is -0.131. The van der Waals surface area contributed by atoms with Crippen molar-refractivity contribution in [3.8, 4) is 0 Å². The Morgan fingerprint density at radius 3 is 2.00 bits per heavy atom. The van der Waals surface area contributed by atoms with Gasteiger partial charge in [-0.25, -0.2) is 8.42 Å². The topological polar surface area (TPSA) is 66.5 Å². The number of hydrogen-bond donors (Lipinski definition) is 1. The summed E-state index contributed by atoms with van der Waals surface area (Å²) in [6, 6.07) is 20.5. The number of rotatable bonds is 5. The van der Waals surface area contributed by atoms with Crippen LogP contribution in [-0.2, 0) is 14.6 Å². The van der Waals surface area contributed by atoms with Crippen LogP contribution in [0.1, 0.15) is 23.6 Å². The van der Waals surface area contributed by atoms with Crippen LogP contribution in [-0.4, -0.2) is 49.9 Å². The third-order valence-corrected chi connectivity index (χ3v) is 7.22. The lowest BCUT2D eigenvalue weighted by Gasteiger charge is -2.44. The van der Waals surface area contributed by atoms with Crippen molar-refractivity contribution in [3.63, 3.8) is 0 Å². The number of nitrogens with zero attached hydrogens (tertiary/aromatic N) is 1. The van der Waals surface area contributed by atoms with E-state index in [2.05, 4.69) is 34.5 Å². The van der Waals surface area contributed by atoms with Crippen molar-refractivity contribution in [2.75, 3.05) is 24.6 Å². The predicted molar refractivity (Wildman–Crippen MR) is 105 cm³/mol. The molecule has 2 aromatic rings. The second-order valence-electron chi connectivity index (χ2n) is 7.48. The van der Waals surface area contributed by atoms with Crippen LogP contribution in [0.4, 0.5) is 0 Å². The largest absolute Gasteiger partial charge is 0.352 e. The van der Waals surface area contributed by atoms with E-state index >= 15 is 0 Å². The minimum atomic E-state index is -2.98. The van der Waals surface area contributed by atoms with E-state index in [-0.39, 0.29) is 35.4 Å². The second kappa shape index (κ2) is 7.44. The molecule has 2 fully saturated rings. The van der Waals surface area contributed by atoms with Crippen molar-refractivity contribution < 1.29 is 13.2 Å². The average Bonchev–Trinajstić information content (AvgIpc) is 2.97. The number of amides is 1. The van der Waals surface area contributed by atoms with E-state index < -0.39 is 9.84 Å². The van der Waals surface area contributed by atoms with Gasteiger partial charge in [0.2, 0.25) is 5.91 Å². The third-order valence-electron chi connectivity index (χ3n) is 5.46. The van der Waals surface area contributed by atoms with Crippen molar-refractivity contribution >= 4 is 15.7 Å². The summed E-state index contributed by atoms with van der Waals surface area (Å²) in [5.41, 5.74) is 2.42. The first-order valence-electron chi connectivity index (χ1n) is 9.36. The number of sulfone groups is 1. The average molecular weight is 385 g/mol. The molecule has 0 unspecified atom stereocenters. The molecule has 1 N–H and O–H groups in total. The summed E-state index contributed by atoms with van der Waals surface area (Å²) in [6.07, 6.45) is 0.529. The van der Waals surface area contributed by atoms with Crippen LogP contribution in [0.3, 0.4) is 0 Å². The van der Waals surface area contributed by atoms with Gasteiger partial charge < -0.3 is 5.32 Å². The Labute approximate surface area is 160 Å². The fourth-order valence-electron chi connectivity index (χ4n) is 4.00. The summed E-state index contributed by atoms with van der Waals surface area (Å²) >= 11 is 0. The molecule has 0 saturated carbocycles. The van der Waals surface area contributed by atoms with Crippen LogP contribution in [0, 0.1) is 5.92 Å². The van der Waals surface area contributed by atoms with E-state index in [1.807, 2.05) is 36.4 Å². The summed E-state index contributed by atoms with van der Waals surface area (Å²) in [5.74, 6) is 0.154. The fourth-order valence-corrected chi connectivity index (χ4v) is 5.68. The van der Waals surface area contributed by atoms with Gasteiger partial charge in [-0.15, -0.1) is 0 Å². The maximum atomic E-state index is 12.5. The van der Waals surface area contributed by atoms with Gasteiger partial charge in [0.15, 0.2) is 9.84 Å². The Balaban J connectivity index is 1.42. The van der Waals surface area contributed by atoms with Crippen LogP contribution in [0.5, 0.6) is 0 Å². The number of carbonyl (C=O) groups excluding carboxylic acids is 1. The number of hydrogen-bond acceptors (Lipinski definition) is 4. The van der Waals surface area contributed by atoms with Crippen LogP contribution in [0.25, 0.3) is 0 Å². The van der Waals surface area contributed by atoms with Gasteiger partial charge in [-0.1, -0.05) is 60.7 Å². The van der Waals surface area contributed by atoms with E-state index in [4.69, 9.17) is 0 Å². The molecule has 2 saturated heterocycles. The molecule has 0 radical (unpaired) electrons. The molecule has 4 rings (SSSR count). The maximum Gasteiger partial charge on any atom is 0.225 e. The molecule has 5 nitrogen and oxygen atoms in total. The van der Waals surface area contributed by atoms with E-state index in [0.717, 1.165) is 0 Å². The summed E-state index contributed by atoms with van der Waals surface area (Å²) in [6.45, 7) is 1.36. The maximum absolute atomic E-state index is 12.5. The number of benzene rings is 2. The molecule has 0 aromatic heterocycles. The quantitative estimate of drug-likeness (QED) is 0.856. The molecule has 2 aliphatic rings. The summed E-state index contributed by atoms with van der Waals surface area (Å²) in [5, 5.41) is 2.93. The SMILES string of the molecule is O=C(N[C@H]1CCS(=O)(=O)C1)C1CN(C(c2ccccc2)c2ccccc2)C1. The Hall–Kier alpha value is -2.18. The van der Waals surface area contributed by atoms with Gasteiger partial charge in [0, 0.05) is 19.1 Å². The van der Waals surface area contributed by atoms with E-state index in [0.29, 0.717) is 19.5 Å². The predicted octanol–water partition coefficient (Wildman–Crippen LogP) is 2.01. The molecule has 6 heteroatoms. The highest BCUT2D eigenvalue weighted by atomic mass is 32.2. The third kappa shape index (κ3) is 4.06. The van der Waals surface area contributed by atoms with Crippen LogP contribution >= 0.6 is 0 Å². The highest BCUT2D eigenvalue weighted by Crippen LogP contribution is 2.34. The van der Waals surface area contributed by atoms with Gasteiger partial charge in [-0.05, 0) is 17.5 Å². The van der Waals surface area contributed by atoms with Crippen molar-refractivity contribution in [2.45, 2.75) is 18.5 Å². The monoisotopic (exact) mass is 384 g/mol. The Morgan fingerprint density at radius 2 is 1.52 bits per heavy atom. The highest BCUT2D eigenvalue weighted by molar-refractivity contribution is 7.91. The molecule has 1 atom stereocenters. The molecular weight excluding hydrogens is 360 g/mol. The highest BCUT2D eigenvalue weighted by Gasteiger charge is 2.39. The molecule has 2 aliphatic heterocycles. The summed E-state index contributed by atoms with van der Waals surface area (Å²) in [7, 11) is -2.98. The van der Waals surface area contributed by atoms with Crippen molar-refractivity contribution in [1.29, 1.82) is 0 Å². The van der Waals surface area contributed by atoms with Gasteiger partial charge in [-0.2, -0.15) is 0 Å². The minimum absolute atomic E-state index is 0.0202.